The Morgan fingerprint density at radius 1 is 0.949 bits per heavy atom. The molecule has 1 aliphatic heterocycles. The molecule has 8 nitrogen and oxygen atoms in total. The maximum Gasteiger partial charge on any atom is 0.218 e. The number of hydrogen-bond donors (Lipinski definition) is 2. The van der Waals surface area contributed by atoms with E-state index >= 15 is 0 Å². The Kier molecular flexibility index (Phi) is 6.83. The highest BCUT2D eigenvalue weighted by Gasteiger charge is 2.25. The minimum atomic E-state index is -0.251. The summed E-state index contributed by atoms with van der Waals surface area (Å²) < 4.78 is 5.61. The summed E-state index contributed by atoms with van der Waals surface area (Å²) >= 11 is 7.04. The number of aliphatic hydroxyl groups is 1. The SMILES string of the molecule is COc1nc(-c2cccc(-c3cccc(Nc4nccc5nccnc45)c3C)c2Cl)ccc1CN1CC(O)C1. The number of rotatable bonds is 7. The van der Waals surface area contributed by atoms with Gasteiger partial charge in [0.15, 0.2) is 5.82 Å². The summed E-state index contributed by atoms with van der Waals surface area (Å²) in [4.78, 5) is 20.3. The number of ether oxygens (including phenoxy) is 1. The number of fused-ring (bicyclic) bond motifs is 1. The van der Waals surface area contributed by atoms with Gasteiger partial charge in [0.1, 0.15) is 5.52 Å². The molecule has 0 radical (unpaired) electrons. The second kappa shape index (κ2) is 10.6. The van der Waals surface area contributed by atoms with E-state index in [1.807, 2.05) is 48.5 Å². The minimum Gasteiger partial charge on any atom is -0.481 e. The summed E-state index contributed by atoms with van der Waals surface area (Å²) in [7, 11) is 1.62. The minimum absolute atomic E-state index is 0.251. The Bertz CT molecular complexity index is 1670. The number of nitrogens with one attached hydrogen (secondary N) is 1. The van der Waals surface area contributed by atoms with Crippen LogP contribution in [0.25, 0.3) is 33.4 Å². The highest BCUT2D eigenvalue weighted by molar-refractivity contribution is 6.36. The van der Waals surface area contributed by atoms with E-state index in [2.05, 4.69) is 38.2 Å². The third-order valence-corrected chi connectivity index (χ3v) is 7.41. The quantitative estimate of drug-likeness (QED) is 0.275. The van der Waals surface area contributed by atoms with Crippen LogP contribution in [0.15, 0.2) is 73.2 Å². The number of nitrogens with zero attached hydrogens (tertiary/aromatic N) is 5. The number of likely N-dealkylation sites (tertiary alicyclic amines) is 1. The Labute approximate surface area is 231 Å². The number of aromatic nitrogens is 4. The lowest BCUT2D eigenvalue weighted by molar-refractivity contribution is -0.00330. The summed E-state index contributed by atoms with van der Waals surface area (Å²) in [6.45, 7) is 4.06. The van der Waals surface area contributed by atoms with Crippen molar-refractivity contribution < 1.29 is 9.84 Å². The smallest absolute Gasteiger partial charge is 0.218 e. The van der Waals surface area contributed by atoms with Gasteiger partial charge in [-0.2, -0.15) is 0 Å². The normalized spacial score (nSPS) is 13.8. The number of methoxy groups -OCH3 is 1. The first-order valence-corrected chi connectivity index (χ1v) is 13.1. The summed E-state index contributed by atoms with van der Waals surface area (Å²) in [6, 6.07) is 17.9. The molecular weight excluding hydrogens is 512 g/mol. The van der Waals surface area contributed by atoms with E-state index < -0.39 is 0 Å². The molecule has 0 spiro atoms. The molecule has 5 aromatic rings. The molecule has 1 fully saturated rings. The summed E-state index contributed by atoms with van der Waals surface area (Å²) in [5, 5.41) is 13.6. The number of pyridine rings is 2. The lowest BCUT2D eigenvalue weighted by atomic mass is 9.96. The van der Waals surface area contributed by atoms with Crippen LogP contribution in [0.4, 0.5) is 11.5 Å². The monoisotopic (exact) mass is 538 g/mol. The van der Waals surface area contributed by atoms with Crippen molar-refractivity contribution in [1.82, 2.24) is 24.8 Å². The molecule has 0 bridgehead atoms. The molecule has 39 heavy (non-hydrogen) atoms. The van der Waals surface area contributed by atoms with Gasteiger partial charge in [0.25, 0.3) is 0 Å². The molecule has 0 aliphatic carbocycles. The third-order valence-electron chi connectivity index (χ3n) is 7.00. The van der Waals surface area contributed by atoms with Gasteiger partial charge in [-0.25, -0.2) is 15.0 Å². The van der Waals surface area contributed by atoms with Crippen LogP contribution in [-0.2, 0) is 6.54 Å². The second-order valence-electron chi connectivity index (χ2n) is 9.57. The van der Waals surface area contributed by atoms with Crippen molar-refractivity contribution in [1.29, 1.82) is 0 Å². The van der Waals surface area contributed by atoms with Crippen molar-refractivity contribution >= 4 is 34.1 Å². The van der Waals surface area contributed by atoms with Gasteiger partial charge in [0, 0.05) is 60.6 Å². The number of aliphatic hydroxyl groups excluding tert-OH is 1. The zero-order valence-corrected chi connectivity index (χ0v) is 22.4. The van der Waals surface area contributed by atoms with E-state index in [1.54, 1.807) is 25.7 Å². The highest BCUT2D eigenvalue weighted by Crippen LogP contribution is 2.40. The average Bonchev–Trinajstić information content (AvgIpc) is 2.94. The van der Waals surface area contributed by atoms with Gasteiger partial charge in [-0.15, -0.1) is 0 Å². The average molecular weight is 539 g/mol. The topological polar surface area (TPSA) is 96.3 Å². The summed E-state index contributed by atoms with van der Waals surface area (Å²) in [6.07, 6.45) is 4.80. The highest BCUT2D eigenvalue weighted by atomic mass is 35.5. The molecule has 2 aromatic carbocycles. The van der Waals surface area contributed by atoms with Crippen molar-refractivity contribution in [3.63, 3.8) is 0 Å². The van der Waals surface area contributed by atoms with Crippen molar-refractivity contribution in [2.24, 2.45) is 0 Å². The molecule has 196 valence electrons. The molecule has 0 saturated carbocycles. The molecular formula is C30H27ClN6O2. The van der Waals surface area contributed by atoms with Crippen LogP contribution in [0.3, 0.4) is 0 Å². The fourth-order valence-electron chi connectivity index (χ4n) is 4.95. The Hall–Kier alpha value is -4.11. The van der Waals surface area contributed by atoms with Gasteiger partial charge in [-0.05, 0) is 36.2 Å². The molecule has 1 aliphatic rings. The number of halogens is 1. The van der Waals surface area contributed by atoms with Crippen molar-refractivity contribution in [3.05, 3.63) is 89.3 Å². The molecule has 0 amide bonds. The first kappa shape index (κ1) is 25.2. The largest absolute Gasteiger partial charge is 0.481 e. The summed E-state index contributed by atoms with van der Waals surface area (Å²) in [5.41, 5.74) is 7.84. The van der Waals surface area contributed by atoms with E-state index in [4.69, 9.17) is 21.3 Å². The van der Waals surface area contributed by atoms with Crippen LogP contribution < -0.4 is 10.1 Å². The zero-order valence-electron chi connectivity index (χ0n) is 21.6. The van der Waals surface area contributed by atoms with Crippen LogP contribution >= 0.6 is 11.6 Å². The van der Waals surface area contributed by atoms with Crippen molar-refractivity contribution in [3.8, 4) is 28.3 Å². The van der Waals surface area contributed by atoms with Crippen LogP contribution in [0.5, 0.6) is 5.88 Å². The zero-order chi connectivity index (χ0) is 26.9. The molecule has 1 saturated heterocycles. The molecule has 4 heterocycles. The van der Waals surface area contributed by atoms with E-state index in [0.29, 0.717) is 41.9 Å². The predicted octanol–water partition coefficient (Wildman–Crippen LogP) is 5.64. The van der Waals surface area contributed by atoms with E-state index in [9.17, 15) is 5.11 Å². The molecule has 9 heteroatoms. The van der Waals surface area contributed by atoms with Gasteiger partial charge < -0.3 is 15.2 Å². The van der Waals surface area contributed by atoms with Crippen LogP contribution in [0.1, 0.15) is 11.1 Å². The van der Waals surface area contributed by atoms with Crippen molar-refractivity contribution in [2.45, 2.75) is 19.6 Å². The van der Waals surface area contributed by atoms with Gasteiger partial charge in [-0.1, -0.05) is 48.0 Å². The maximum atomic E-state index is 9.60. The van der Waals surface area contributed by atoms with Crippen LogP contribution in [-0.4, -0.2) is 56.2 Å². The van der Waals surface area contributed by atoms with Crippen LogP contribution in [0, 0.1) is 6.92 Å². The second-order valence-corrected chi connectivity index (χ2v) is 9.94. The molecule has 0 atom stereocenters. The van der Waals surface area contributed by atoms with Crippen LogP contribution in [0.2, 0.25) is 5.02 Å². The molecule has 0 unspecified atom stereocenters. The number of hydrogen-bond acceptors (Lipinski definition) is 8. The lowest BCUT2D eigenvalue weighted by Gasteiger charge is -2.35. The van der Waals surface area contributed by atoms with Gasteiger partial charge in [-0.3, -0.25) is 9.88 Å². The van der Waals surface area contributed by atoms with E-state index in [-0.39, 0.29) is 6.10 Å². The first-order chi connectivity index (χ1) is 19.0. The third kappa shape index (κ3) is 4.90. The predicted molar refractivity (Wildman–Crippen MR) is 153 cm³/mol. The fraction of sp³-hybridized carbons (Fsp3) is 0.200. The number of anilines is 2. The first-order valence-electron chi connectivity index (χ1n) is 12.7. The molecule has 6 rings (SSSR count). The van der Waals surface area contributed by atoms with E-state index in [1.165, 1.54) is 0 Å². The number of β-amino-alcohol motifs (C(OH)–C–C–N with tert-alkyl or cyclic N) is 1. The Balaban J connectivity index is 1.33. The standard InChI is InChI=1S/C30H27ClN6O2/c1-18-21(5-4-8-24(18)35-29-28-26(11-12-34-29)32-13-14-33-28)22-6-3-7-23(27(22)31)25-10-9-19(30(36-25)39-2)15-37-16-20(38)17-37/h3-14,20,38H,15-17H2,1-2H3,(H,34,35). The number of benzene rings is 2. The van der Waals surface area contributed by atoms with Gasteiger partial charge >= 0.3 is 0 Å². The fourth-order valence-corrected chi connectivity index (χ4v) is 5.27. The molecule has 3 aromatic heterocycles. The summed E-state index contributed by atoms with van der Waals surface area (Å²) in [5.74, 6) is 1.20. The lowest BCUT2D eigenvalue weighted by Crippen LogP contribution is -2.49. The van der Waals surface area contributed by atoms with Gasteiger partial charge in [0.2, 0.25) is 5.88 Å². The Morgan fingerprint density at radius 3 is 2.54 bits per heavy atom. The van der Waals surface area contributed by atoms with E-state index in [0.717, 1.165) is 44.7 Å². The van der Waals surface area contributed by atoms with Crippen molar-refractivity contribution in [2.75, 3.05) is 25.5 Å². The molecule has 2 N–H and O–H groups in total. The van der Waals surface area contributed by atoms with Gasteiger partial charge in [0.05, 0.1) is 29.4 Å². The maximum absolute atomic E-state index is 9.60. The Morgan fingerprint density at radius 2 is 1.72 bits per heavy atom.